The average molecular weight is 269 g/mol. The zero-order valence-electron chi connectivity index (χ0n) is 9.61. The van der Waals surface area contributed by atoms with E-state index in [0.717, 1.165) is 10.7 Å². The van der Waals surface area contributed by atoms with E-state index in [4.69, 9.17) is 16.3 Å². The second-order valence-electron chi connectivity index (χ2n) is 3.59. The Balaban J connectivity index is 2.13. The molecule has 17 heavy (non-hydrogen) atoms. The smallest absolute Gasteiger partial charge is 0.139 e. The molecule has 5 heteroatoms. The van der Waals surface area contributed by atoms with E-state index in [2.05, 4.69) is 17.2 Å². The minimum absolute atomic E-state index is 0.167. The van der Waals surface area contributed by atoms with E-state index >= 15 is 0 Å². The Morgan fingerprint density at radius 3 is 2.94 bits per heavy atom. The second-order valence-corrected chi connectivity index (χ2v) is 4.92. The first kappa shape index (κ1) is 12.2. The van der Waals surface area contributed by atoms with Crippen molar-refractivity contribution in [2.24, 2.45) is 0 Å². The highest BCUT2D eigenvalue weighted by molar-refractivity contribution is 7.09. The molecule has 1 aromatic heterocycles. The standard InChI is InChI=1S/C12H13ClN2OS/c1-8(12-14-5-6-17-12)15-9-3-4-10(13)11(7-9)16-2/h3-8,15H,1-2H3. The number of hydrogen-bond acceptors (Lipinski definition) is 4. The van der Waals surface area contributed by atoms with Crippen LogP contribution in [0.4, 0.5) is 5.69 Å². The van der Waals surface area contributed by atoms with E-state index in [-0.39, 0.29) is 6.04 Å². The van der Waals surface area contributed by atoms with E-state index in [0.29, 0.717) is 10.8 Å². The molecule has 0 amide bonds. The molecule has 0 aliphatic carbocycles. The molecule has 0 spiro atoms. The van der Waals surface area contributed by atoms with Crippen LogP contribution in [-0.2, 0) is 0 Å². The predicted molar refractivity (Wildman–Crippen MR) is 72.2 cm³/mol. The quantitative estimate of drug-likeness (QED) is 0.911. The van der Waals surface area contributed by atoms with Crippen molar-refractivity contribution in [3.05, 3.63) is 39.8 Å². The summed E-state index contributed by atoms with van der Waals surface area (Å²) in [6.45, 7) is 2.07. The largest absolute Gasteiger partial charge is 0.495 e. The van der Waals surface area contributed by atoms with E-state index in [1.807, 2.05) is 23.6 Å². The lowest BCUT2D eigenvalue weighted by molar-refractivity contribution is 0.415. The summed E-state index contributed by atoms with van der Waals surface area (Å²) in [5.74, 6) is 0.669. The number of anilines is 1. The fourth-order valence-corrected chi connectivity index (χ4v) is 2.35. The maximum absolute atomic E-state index is 5.97. The van der Waals surface area contributed by atoms with Gasteiger partial charge < -0.3 is 10.1 Å². The number of aromatic nitrogens is 1. The SMILES string of the molecule is COc1cc(NC(C)c2nccs2)ccc1Cl. The van der Waals surface area contributed by atoms with E-state index in [1.165, 1.54) is 0 Å². The first-order valence-electron chi connectivity index (χ1n) is 5.20. The van der Waals surface area contributed by atoms with E-state index < -0.39 is 0 Å². The Kier molecular flexibility index (Phi) is 3.86. The van der Waals surface area contributed by atoms with Crippen molar-refractivity contribution in [2.75, 3.05) is 12.4 Å². The lowest BCUT2D eigenvalue weighted by Crippen LogP contribution is -2.06. The third-order valence-corrected chi connectivity index (χ3v) is 3.63. The van der Waals surface area contributed by atoms with Crippen molar-refractivity contribution >= 4 is 28.6 Å². The van der Waals surface area contributed by atoms with Crippen LogP contribution in [0, 0.1) is 0 Å². The van der Waals surface area contributed by atoms with Gasteiger partial charge in [-0.15, -0.1) is 11.3 Å². The molecule has 3 nitrogen and oxygen atoms in total. The normalized spacial score (nSPS) is 12.2. The molecule has 1 atom stereocenters. The number of methoxy groups -OCH3 is 1. The third-order valence-electron chi connectivity index (χ3n) is 2.36. The van der Waals surface area contributed by atoms with Crippen LogP contribution in [0.15, 0.2) is 29.8 Å². The van der Waals surface area contributed by atoms with Gasteiger partial charge in [-0.2, -0.15) is 0 Å². The monoisotopic (exact) mass is 268 g/mol. The van der Waals surface area contributed by atoms with Gasteiger partial charge in [0.2, 0.25) is 0 Å². The Bertz CT molecular complexity index is 487. The first-order valence-corrected chi connectivity index (χ1v) is 6.46. The van der Waals surface area contributed by atoms with Crippen molar-refractivity contribution in [3.8, 4) is 5.75 Å². The number of hydrogen-bond donors (Lipinski definition) is 1. The molecule has 0 aliphatic rings. The fourth-order valence-electron chi connectivity index (χ4n) is 1.51. The molecule has 90 valence electrons. The van der Waals surface area contributed by atoms with Gasteiger partial charge in [0.1, 0.15) is 10.8 Å². The van der Waals surface area contributed by atoms with Gasteiger partial charge >= 0.3 is 0 Å². The first-order chi connectivity index (χ1) is 8.20. The maximum atomic E-state index is 5.97. The fraction of sp³-hybridized carbons (Fsp3) is 0.250. The Morgan fingerprint density at radius 1 is 1.47 bits per heavy atom. The van der Waals surface area contributed by atoms with Crippen LogP contribution >= 0.6 is 22.9 Å². The zero-order chi connectivity index (χ0) is 12.3. The molecule has 0 bridgehead atoms. The molecule has 0 saturated heterocycles. The molecule has 0 radical (unpaired) electrons. The maximum Gasteiger partial charge on any atom is 0.139 e. The van der Waals surface area contributed by atoms with E-state index in [1.54, 1.807) is 24.6 Å². The molecule has 1 heterocycles. The van der Waals surface area contributed by atoms with Crippen LogP contribution in [-0.4, -0.2) is 12.1 Å². The number of ether oxygens (including phenoxy) is 1. The topological polar surface area (TPSA) is 34.1 Å². The highest BCUT2D eigenvalue weighted by Crippen LogP contribution is 2.29. The molecular weight excluding hydrogens is 256 g/mol. The van der Waals surface area contributed by atoms with Crippen LogP contribution in [0.1, 0.15) is 18.0 Å². The number of nitrogens with one attached hydrogen (secondary N) is 1. The molecule has 2 aromatic rings. The van der Waals surface area contributed by atoms with E-state index in [9.17, 15) is 0 Å². The van der Waals surface area contributed by atoms with Crippen molar-refractivity contribution in [1.82, 2.24) is 4.98 Å². The minimum atomic E-state index is 0.167. The van der Waals surface area contributed by atoms with Crippen LogP contribution in [0.2, 0.25) is 5.02 Å². The zero-order valence-corrected chi connectivity index (χ0v) is 11.2. The molecule has 0 saturated carbocycles. The van der Waals surface area contributed by atoms with Crippen LogP contribution in [0.3, 0.4) is 0 Å². The van der Waals surface area contributed by atoms with Crippen molar-refractivity contribution in [3.63, 3.8) is 0 Å². The van der Waals surface area contributed by atoms with Crippen LogP contribution in [0.5, 0.6) is 5.75 Å². The highest BCUT2D eigenvalue weighted by Gasteiger charge is 2.09. The summed E-state index contributed by atoms with van der Waals surface area (Å²) in [6, 6.07) is 5.79. The highest BCUT2D eigenvalue weighted by atomic mass is 35.5. The van der Waals surface area contributed by atoms with Crippen molar-refractivity contribution in [2.45, 2.75) is 13.0 Å². The average Bonchev–Trinajstić information content (AvgIpc) is 2.85. The minimum Gasteiger partial charge on any atom is -0.495 e. The molecule has 1 unspecified atom stereocenters. The van der Waals surface area contributed by atoms with Gasteiger partial charge in [-0.1, -0.05) is 11.6 Å². The Morgan fingerprint density at radius 2 is 2.29 bits per heavy atom. The van der Waals surface area contributed by atoms with Gasteiger partial charge in [0, 0.05) is 23.3 Å². The number of thiazole rings is 1. The molecular formula is C12H13ClN2OS. The van der Waals surface area contributed by atoms with Crippen LogP contribution in [0.25, 0.3) is 0 Å². The Labute approximate surface area is 109 Å². The summed E-state index contributed by atoms with van der Waals surface area (Å²) in [4.78, 5) is 4.27. The number of rotatable bonds is 4. The molecule has 2 rings (SSSR count). The van der Waals surface area contributed by atoms with Gasteiger partial charge in [-0.25, -0.2) is 4.98 Å². The predicted octanol–water partition coefficient (Wildman–Crippen LogP) is 3.98. The summed E-state index contributed by atoms with van der Waals surface area (Å²) in [5.41, 5.74) is 0.967. The van der Waals surface area contributed by atoms with Gasteiger partial charge in [0.15, 0.2) is 0 Å². The summed E-state index contributed by atoms with van der Waals surface area (Å²) < 4.78 is 5.17. The third kappa shape index (κ3) is 2.90. The van der Waals surface area contributed by atoms with Crippen molar-refractivity contribution in [1.29, 1.82) is 0 Å². The number of nitrogens with zero attached hydrogens (tertiary/aromatic N) is 1. The number of halogens is 1. The number of benzene rings is 1. The van der Waals surface area contributed by atoms with Crippen molar-refractivity contribution < 1.29 is 4.74 Å². The molecule has 1 N–H and O–H groups in total. The molecule has 0 aliphatic heterocycles. The van der Waals surface area contributed by atoms with Gasteiger partial charge in [0.05, 0.1) is 18.2 Å². The summed E-state index contributed by atoms with van der Waals surface area (Å²) in [7, 11) is 1.61. The second kappa shape index (κ2) is 5.38. The van der Waals surface area contributed by atoms with Gasteiger partial charge in [-0.05, 0) is 19.1 Å². The lowest BCUT2D eigenvalue weighted by atomic mass is 10.2. The summed E-state index contributed by atoms with van der Waals surface area (Å²) in [5, 5.41) is 6.99. The summed E-state index contributed by atoms with van der Waals surface area (Å²) in [6.07, 6.45) is 1.81. The van der Waals surface area contributed by atoms with Crippen LogP contribution < -0.4 is 10.1 Å². The Hall–Kier alpha value is -1.26. The molecule has 1 aromatic carbocycles. The summed E-state index contributed by atoms with van der Waals surface area (Å²) >= 11 is 7.60. The molecule has 0 fully saturated rings. The van der Waals surface area contributed by atoms with Gasteiger partial charge in [0.25, 0.3) is 0 Å². The van der Waals surface area contributed by atoms with Gasteiger partial charge in [-0.3, -0.25) is 0 Å². The lowest BCUT2D eigenvalue weighted by Gasteiger charge is -2.14.